The highest BCUT2D eigenvalue weighted by atomic mass is 35.5. The lowest BCUT2D eigenvalue weighted by Crippen LogP contribution is -2.25. The van der Waals surface area contributed by atoms with Crippen LogP contribution in [0.1, 0.15) is 32.6 Å². The van der Waals surface area contributed by atoms with Crippen LogP contribution in [0, 0.1) is 5.92 Å². The number of hydrogen-bond donors (Lipinski definition) is 1. The van der Waals surface area contributed by atoms with E-state index in [1.54, 1.807) is 0 Å². The molecule has 1 fully saturated rings. The molecular formula is C11H22ClNO. The quantitative estimate of drug-likeness (QED) is 0.525. The Balaban J connectivity index is 1.88. The molecule has 2 nitrogen and oxygen atoms in total. The fraction of sp³-hybridized carbons (Fsp3) is 1.00. The Bertz CT molecular complexity index is 137. The number of rotatable bonds is 7. The predicted octanol–water partition coefficient (Wildman–Crippen LogP) is 2.41. The zero-order valence-corrected chi connectivity index (χ0v) is 9.85. The molecule has 0 aliphatic carbocycles. The summed E-state index contributed by atoms with van der Waals surface area (Å²) in [7, 11) is 0. The van der Waals surface area contributed by atoms with E-state index in [-0.39, 0.29) is 0 Å². The highest BCUT2D eigenvalue weighted by molar-refractivity contribution is 6.17. The normalized spacial score (nSPS) is 24.0. The van der Waals surface area contributed by atoms with Crippen molar-refractivity contribution in [3.63, 3.8) is 0 Å². The predicted molar refractivity (Wildman–Crippen MR) is 61.0 cm³/mol. The molecule has 0 aromatic carbocycles. The second kappa shape index (κ2) is 7.49. The monoisotopic (exact) mass is 219 g/mol. The van der Waals surface area contributed by atoms with Crippen molar-refractivity contribution in [3.05, 3.63) is 0 Å². The van der Waals surface area contributed by atoms with E-state index in [9.17, 15) is 0 Å². The van der Waals surface area contributed by atoms with Gasteiger partial charge < -0.3 is 10.1 Å². The van der Waals surface area contributed by atoms with Gasteiger partial charge in [0.2, 0.25) is 0 Å². The fourth-order valence-corrected chi connectivity index (χ4v) is 2.14. The molecule has 14 heavy (non-hydrogen) atoms. The summed E-state index contributed by atoms with van der Waals surface area (Å²) in [4.78, 5) is 0. The van der Waals surface area contributed by atoms with Crippen molar-refractivity contribution in [2.75, 3.05) is 25.6 Å². The Morgan fingerprint density at radius 3 is 3.07 bits per heavy atom. The van der Waals surface area contributed by atoms with E-state index in [4.69, 9.17) is 16.3 Å². The Labute approximate surface area is 92.3 Å². The number of nitrogens with one attached hydrogen (secondary N) is 1. The van der Waals surface area contributed by atoms with Crippen LogP contribution in [0.3, 0.4) is 0 Å². The van der Waals surface area contributed by atoms with Crippen LogP contribution in [0.2, 0.25) is 0 Å². The first-order valence-electron chi connectivity index (χ1n) is 5.71. The van der Waals surface area contributed by atoms with E-state index < -0.39 is 0 Å². The maximum atomic E-state index is 5.67. The van der Waals surface area contributed by atoms with Gasteiger partial charge >= 0.3 is 0 Å². The number of alkyl halides is 1. The van der Waals surface area contributed by atoms with Crippen LogP contribution >= 0.6 is 11.6 Å². The van der Waals surface area contributed by atoms with Crippen LogP contribution < -0.4 is 5.32 Å². The lowest BCUT2D eigenvalue weighted by Gasteiger charge is -2.13. The molecule has 1 rings (SSSR count). The van der Waals surface area contributed by atoms with Gasteiger partial charge in [-0.3, -0.25) is 0 Å². The summed E-state index contributed by atoms with van der Waals surface area (Å²) in [6, 6.07) is 0. The lowest BCUT2D eigenvalue weighted by atomic mass is 10.1. The van der Waals surface area contributed by atoms with Gasteiger partial charge in [0.1, 0.15) is 0 Å². The Morgan fingerprint density at radius 2 is 2.43 bits per heavy atom. The lowest BCUT2D eigenvalue weighted by molar-refractivity contribution is 0.104. The van der Waals surface area contributed by atoms with Gasteiger partial charge in [-0.2, -0.15) is 0 Å². The molecule has 2 atom stereocenters. The van der Waals surface area contributed by atoms with Crippen molar-refractivity contribution >= 4 is 11.6 Å². The molecule has 0 aromatic heterocycles. The molecule has 0 radical (unpaired) electrons. The number of ether oxygens (including phenoxy) is 1. The third-order valence-electron chi connectivity index (χ3n) is 2.76. The minimum Gasteiger partial charge on any atom is -0.378 e. The summed E-state index contributed by atoms with van der Waals surface area (Å²) < 4.78 is 5.55. The van der Waals surface area contributed by atoms with Crippen LogP contribution in [0.4, 0.5) is 0 Å². The van der Waals surface area contributed by atoms with Gasteiger partial charge in [-0.15, -0.1) is 11.6 Å². The summed E-state index contributed by atoms with van der Waals surface area (Å²) in [5.74, 6) is 1.46. The van der Waals surface area contributed by atoms with Crippen LogP contribution in [0.25, 0.3) is 0 Å². The molecular weight excluding hydrogens is 198 g/mol. The molecule has 0 spiro atoms. The Morgan fingerprint density at radius 1 is 1.57 bits per heavy atom. The SMILES string of the molecule is CC(CCCl)CNCCC1CCCO1. The van der Waals surface area contributed by atoms with Gasteiger partial charge in [0.15, 0.2) is 0 Å². The molecule has 1 aliphatic rings. The molecule has 1 aliphatic heterocycles. The van der Waals surface area contributed by atoms with Gasteiger partial charge in [0.05, 0.1) is 6.10 Å². The van der Waals surface area contributed by atoms with Crippen LogP contribution in [-0.4, -0.2) is 31.7 Å². The molecule has 0 amide bonds. The zero-order valence-electron chi connectivity index (χ0n) is 9.10. The molecule has 0 saturated carbocycles. The third-order valence-corrected chi connectivity index (χ3v) is 2.98. The van der Waals surface area contributed by atoms with Gasteiger partial charge in [-0.05, 0) is 44.7 Å². The maximum Gasteiger partial charge on any atom is 0.0588 e. The highest BCUT2D eigenvalue weighted by Gasteiger charge is 2.14. The first-order valence-corrected chi connectivity index (χ1v) is 6.24. The van der Waals surface area contributed by atoms with Crippen molar-refractivity contribution in [1.29, 1.82) is 0 Å². The average Bonchev–Trinajstić information content (AvgIpc) is 2.65. The van der Waals surface area contributed by atoms with Crippen molar-refractivity contribution in [1.82, 2.24) is 5.32 Å². The summed E-state index contributed by atoms with van der Waals surface area (Å²) in [6.07, 6.45) is 5.28. The van der Waals surface area contributed by atoms with Crippen LogP contribution in [0.15, 0.2) is 0 Å². The van der Waals surface area contributed by atoms with Gasteiger partial charge in [0, 0.05) is 12.5 Å². The van der Waals surface area contributed by atoms with Gasteiger partial charge in [0.25, 0.3) is 0 Å². The van der Waals surface area contributed by atoms with Crippen molar-refractivity contribution in [2.45, 2.75) is 38.7 Å². The molecule has 3 heteroatoms. The number of halogens is 1. The maximum absolute atomic E-state index is 5.67. The zero-order chi connectivity index (χ0) is 10.2. The first-order chi connectivity index (χ1) is 6.83. The fourth-order valence-electron chi connectivity index (χ4n) is 1.77. The smallest absolute Gasteiger partial charge is 0.0588 e. The van der Waals surface area contributed by atoms with Crippen molar-refractivity contribution in [3.8, 4) is 0 Å². The Kier molecular flexibility index (Phi) is 6.57. The topological polar surface area (TPSA) is 21.3 Å². The second-order valence-electron chi connectivity index (χ2n) is 4.21. The van der Waals surface area contributed by atoms with Gasteiger partial charge in [-0.1, -0.05) is 6.92 Å². The summed E-state index contributed by atoms with van der Waals surface area (Å²) in [5.41, 5.74) is 0. The molecule has 1 N–H and O–H groups in total. The third kappa shape index (κ3) is 5.18. The van der Waals surface area contributed by atoms with E-state index in [1.807, 2.05) is 0 Å². The average molecular weight is 220 g/mol. The standard InChI is InChI=1S/C11H22ClNO/c1-10(4-6-12)9-13-7-5-11-3-2-8-14-11/h10-11,13H,2-9H2,1H3. The number of hydrogen-bond acceptors (Lipinski definition) is 2. The minimum absolute atomic E-state index is 0.519. The van der Waals surface area contributed by atoms with Gasteiger partial charge in [-0.25, -0.2) is 0 Å². The summed E-state index contributed by atoms with van der Waals surface area (Å²) >= 11 is 5.67. The molecule has 0 bridgehead atoms. The molecule has 84 valence electrons. The van der Waals surface area contributed by atoms with E-state index in [0.717, 1.165) is 38.4 Å². The van der Waals surface area contributed by atoms with E-state index in [1.165, 1.54) is 12.8 Å². The van der Waals surface area contributed by atoms with Crippen LogP contribution in [0.5, 0.6) is 0 Å². The summed E-state index contributed by atoms with van der Waals surface area (Å²) in [6.45, 7) is 5.37. The molecule has 1 saturated heterocycles. The highest BCUT2D eigenvalue weighted by Crippen LogP contribution is 2.14. The first kappa shape index (κ1) is 12.3. The minimum atomic E-state index is 0.519. The molecule has 1 heterocycles. The largest absolute Gasteiger partial charge is 0.378 e. The van der Waals surface area contributed by atoms with Crippen molar-refractivity contribution < 1.29 is 4.74 Å². The van der Waals surface area contributed by atoms with E-state index in [0.29, 0.717) is 12.0 Å². The Hall–Kier alpha value is 0.210. The molecule has 0 aromatic rings. The molecule has 2 unspecified atom stereocenters. The van der Waals surface area contributed by atoms with Crippen molar-refractivity contribution in [2.24, 2.45) is 5.92 Å². The van der Waals surface area contributed by atoms with E-state index in [2.05, 4.69) is 12.2 Å². The summed E-state index contributed by atoms with van der Waals surface area (Å²) in [5, 5.41) is 3.46. The van der Waals surface area contributed by atoms with Crippen LogP contribution in [-0.2, 0) is 4.74 Å². The van der Waals surface area contributed by atoms with E-state index >= 15 is 0 Å². The second-order valence-corrected chi connectivity index (χ2v) is 4.59.